The first-order valence-electron chi connectivity index (χ1n) is 12.7. The topological polar surface area (TPSA) is 108 Å². The van der Waals surface area contributed by atoms with E-state index in [1.165, 1.54) is 23.4 Å². The van der Waals surface area contributed by atoms with Crippen molar-refractivity contribution in [3.05, 3.63) is 53.0 Å². The van der Waals surface area contributed by atoms with Gasteiger partial charge in [-0.15, -0.1) is 0 Å². The number of carbonyl (C=O) groups excluding carboxylic acids is 1. The van der Waals surface area contributed by atoms with Crippen LogP contribution in [0.25, 0.3) is 17.2 Å². The van der Waals surface area contributed by atoms with Crippen LogP contribution in [0.15, 0.2) is 30.3 Å². The number of aliphatic hydroxyl groups excluding tert-OH is 2. The third-order valence-electron chi connectivity index (χ3n) is 6.47. The second-order valence-electron chi connectivity index (χ2n) is 10.2. The number of Topliss-reactive ketones (excluding diaryl/α,β-unsaturated/α-hetero) is 1. The average molecular weight is 533 g/mol. The fraction of sp³-hybridized carbons (Fsp3) is 0.500. The van der Waals surface area contributed by atoms with E-state index in [1.807, 2.05) is 13.8 Å². The molecular weight excluding hydrogens is 495 g/mol. The van der Waals surface area contributed by atoms with Gasteiger partial charge in [-0.3, -0.25) is 9.10 Å². The van der Waals surface area contributed by atoms with E-state index in [0.717, 1.165) is 16.7 Å². The van der Waals surface area contributed by atoms with Crippen molar-refractivity contribution in [1.82, 2.24) is 4.98 Å². The number of pyridine rings is 1. The number of hydrogen-bond acceptors (Lipinski definition) is 6. The standard InChI is InChI=1S/C28H37FN2O5S/c1-17(2)27-24(13-12-22(33)16-23(34)15-19(5)32)26(20-8-10-21(29)11-9-20)25-7-6-14-31(28(25)30-27)37(35,36)18(3)4/h8-13,17-18,22-23,33-34H,6-7,14-16H2,1-5H3/b13-12+/t22-,23+/m1/s1. The van der Waals surface area contributed by atoms with Crippen molar-refractivity contribution in [2.75, 3.05) is 10.8 Å². The summed E-state index contributed by atoms with van der Waals surface area (Å²) < 4.78 is 41.7. The van der Waals surface area contributed by atoms with Gasteiger partial charge >= 0.3 is 0 Å². The first kappa shape index (κ1) is 28.9. The van der Waals surface area contributed by atoms with Gasteiger partial charge in [-0.1, -0.05) is 38.1 Å². The van der Waals surface area contributed by atoms with Crippen molar-refractivity contribution in [2.45, 2.75) is 83.7 Å². The van der Waals surface area contributed by atoms with E-state index in [4.69, 9.17) is 4.98 Å². The lowest BCUT2D eigenvalue weighted by molar-refractivity contribution is -0.119. The van der Waals surface area contributed by atoms with Gasteiger partial charge in [0.05, 0.1) is 23.2 Å². The maximum atomic E-state index is 13.8. The third kappa shape index (κ3) is 6.64. The van der Waals surface area contributed by atoms with E-state index in [2.05, 4.69) is 0 Å². The minimum atomic E-state index is -3.63. The Morgan fingerprint density at radius 2 is 1.81 bits per heavy atom. The van der Waals surface area contributed by atoms with Crippen molar-refractivity contribution in [2.24, 2.45) is 0 Å². The van der Waals surface area contributed by atoms with E-state index in [-0.39, 0.29) is 30.4 Å². The van der Waals surface area contributed by atoms with E-state index >= 15 is 0 Å². The quantitative estimate of drug-likeness (QED) is 0.463. The Kier molecular flexibility index (Phi) is 9.26. The summed E-state index contributed by atoms with van der Waals surface area (Å²) in [6.07, 6.45) is 2.48. The van der Waals surface area contributed by atoms with Gasteiger partial charge in [0.25, 0.3) is 0 Å². The lowest BCUT2D eigenvalue weighted by atomic mass is 9.87. The van der Waals surface area contributed by atoms with Crippen LogP contribution in [0.5, 0.6) is 0 Å². The van der Waals surface area contributed by atoms with Crippen LogP contribution < -0.4 is 4.31 Å². The molecule has 0 radical (unpaired) electrons. The molecule has 2 heterocycles. The van der Waals surface area contributed by atoms with E-state index in [1.54, 1.807) is 38.1 Å². The lowest BCUT2D eigenvalue weighted by Gasteiger charge is -2.34. The minimum absolute atomic E-state index is 0.00223. The highest BCUT2D eigenvalue weighted by Gasteiger charge is 2.34. The van der Waals surface area contributed by atoms with Crippen LogP contribution in [0.3, 0.4) is 0 Å². The summed E-state index contributed by atoms with van der Waals surface area (Å²) in [6.45, 7) is 8.93. The molecule has 7 nitrogen and oxygen atoms in total. The minimum Gasteiger partial charge on any atom is -0.393 e. The highest BCUT2D eigenvalue weighted by molar-refractivity contribution is 7.93. The second kappa shape index (κ2) is 11.8. The van der Waals surface area contributed by atoms with Gasteiger partial charge in [0, 0.05) is 30.5 Å². The number of rotatable bonds is 10. The smallest absolute Gasteiger partial charge is 0.238 e. The number of anilines is 1. The van der Waals surface area contributed by atoms with Crippen LogP contribution in [0, 0.1) is 5.82 Å². The van der Waals surface area contributed by atoms with E-state index in [0.29, 0.717) is 36.5 Å². The molecule has 3 rings (SSSR count). The maximum Gasteiger partial charge on any atom is 0.238 e. The molecule has 0 saturated heterocycles. The molecule has 9 heteroatoms. The highest BCUT2D eigenvalue weighted by atomic mass is 32.2. The number of sulfonamides is 1. The van der Waals surface area contributed by atoms with Crippen LogP contribution in [0.4, 0.5) is 10.2 Å². The predicted octanol–water partition coefficient (Wildman–Crippen LogP) is 4.61. The third-order valence-corrected chi connectivity index (χ3v) is 8.63. The van der Waals surface area contributed by atoms with Crippen LogP contribution in [-0.4, -0.2) is 53.4 Å². The normalized spacial score (nSPS) is 15.9. The van der Waals surface area contributed by atoms with Crippen molar-refractivity contribution in [3.8, 4) is 11.1 Å². The number of benzene rings is 1. The van der Waals surface area contributed by atoms with Gasteiger partial charge in [-0.05, 0) is 62.8 Å². The number of fused-ring (bicyclic) bond motifs is 1. The van der Waals surface area contributed by atoms with Crippen molar-refractivity contribution in [3.63, 3.8) is 0 Å². The maximum absolute atomic E-state index is 13.8. The molecule has 2 aromatic rings. The molecule has 0 bridgehead atoms. The SMILES string of the molecule is CC(=O)C[C@H](O)C[C@H](O)/C=C/c1c(C(C)C)nc2c(c1-c1ccc(F)cc1)CCCN2S(=O)(=O)C(C)C. The summed E-state index contributed by atoms with van der Waals surface area (Å²) in [7, 11) is -3.63. The highest BCUT2D eigenvalue weighted by Crippen LogP contribution is 2.42. The van der Waals surface area contributed by atoms with Crippen molar-refractivity contribution in [1.29, 1.82) is 0 Å². The van der Waals surface area contributed by atoms with Gasteiger partial charge < -0.3 is 10.2 Å². The Morgan fingerprint density at radius 1 is 1.16 bits per heavy atom. The van der Waals surface area contributed by atoms with Gasteiger partial charge in [0.15, 0.2) is 0 Å². The molecule has 1 aromatic carbocycles. The number of ketones is 1. The Labute approximate surface area is 219 Å². The summed E-state index contributed by atoms with van der Waals surface area (Å²) in [6, 6.07) is 6.05. The first-order chi connectivity index (χ1) is 17.3. The molecular formula is C28H37FN2O5S. The van der Waals surface area contributed by atoms with E-state index < -0.39 is 27.5 Å². The zero-order valence-electron chi connectivity index (χ0n) is 22.1. The zero-order valence-corrected chi connectivity index (χ0v) is 22.9. The second-order valence-corrected chi connectivity index (χ2v) is 12.7. The van der Waals surface area contributed by atoms with Crippen molar-refractivity contribution >= 4 is 27.7 Å². The first-order valence-corrected chi connectivity index (χ1v) is 14.2. The van der Waals surface area contributed by atoms with Crippen LogP contribution in [-0.2, 0) is 21.2 Å². The summed E-state index contributed by atoms with van der Waals surface area (Å²) >= 11 is 0. The molecule has 0 amide bonds. The molecule has 1 aliphatic heterocycles. The molecule has 0 unspecified atom stereocenters. The number of halogens is 1. The monoisotopic (exact) mass is 532 g/mol. The fourth-order valence-electron chi connectivity index (χ4n) is 4.63. The molecule has 2 atom stereocenters. The molecule has 0 aliphatic carbocycles. The Morgan fingerprint density at radius 3 is 2.38 bits per heavy atom. The Balaban J connectivity index is 2.23. The van der Waals surface area contributed by atoms with Gasteiger partial charge in [0.1, 0.15) is 17.4 Å². The summed E-state index contributed by atoms with van der Waals surface area (Å²) in [4.78, 5) is 16.2. The summed E-state index contributed by atoms with van der Waals surface area (Å²) in [5, 5.41) is 20.0. The molecule has 0 spiro atoms. The summed E-state index contributed by atoms with van der Waals surface area (Å²) in [5.74, 6) is -0.233. The van der Waals surface area contributed by atoms with Gasteiger partial charge in [-0.25, -0.2) is 17.8 Å². The number of aliphatic hydroxyl groups is 2. The largest absolute Gasteiger partial charge is 0.393 e. The summed E-state index contributed by atoms with van der Waals surface area (Å²) in [5.41, 5.74) is 3.60. The fourth-order valence-corrected chi connectivity index (χ4v) is 5.91. The van der Waals surface area contributed by atoms with Crippen molar-refractivity contribution < 1.29 is 27.8 Å². The molecule has 0 fully saturated rings. The molecule has 2 N–H and O–H groups in total. The number of hydrogen-bond donors (Lipinski definition) is 2. The van der Waals surface area contributed by atoms with Crippen LogP contribution >= 0.6 is 0 Å². The van der Waals surface area contributed by atoms with E-state index in [9.17, 15) is 27.8 Å². The number of aromatic nitrogens is 1. The Hall–Kier alpha value is -2.62. The number of carbonyl (C=O) groups is 1. The molecule has 202 valence electrons. The molecule has 1 aliphatic rings. The predicted molar refractivity (Wildman–Crippen MR) is 144 cm³/mol. The zero-order chi connectivity index (χ0) is 27.5. The number of nitrogens with zero attached hydrogens (tertiary/aromatic N) is 2. The van der Waals surface area contributed by atoms with Crippen LogP contribution in [0.1, 0.15) is 76.6 Å². The average Bonchev–Trinajstić information content (AvgIpc) is 2.81. The molecule has 0 saturated carbocycles. The Bertz CT molecular complexity index is 1260. The van der Waals surface area contributed by atoms with Gasteiger partial charge in [-0.2, -0.15) is 0 Å². The molecule has 37 heavy (non-hydrogen) atoms. The van der Waals surface area contributed by atoms with Gasteiger partial charge in [0.2, 0.25) is 10.0 Å². The lowest BCUT2D eigenvalue weighted by Crippen LogP contribution is -2.41. The van der Waals surface area contributed by atoms with Crippen LogP contribution in [0.2, 0.25) is 0 Å². The molecule has 1 aromatic heterocycles.